The molecule has 1 amide bonds. The van der Waals surface area contributed by atoms with Crippen LogP contribution in [0.4, 0.5) is 0 Å². The van der Waals surface area contributed by atoms with Crippen molar-refractivity contribution in [3.8, 4) is 0 Å². The van der Waals surface area contributed by atoms with Gasteiger partial charge in [0.1, 0.15) is 0 Å². The molecule has 0 aromatic heterocycles. The second-order valence-corrected chi connectivity index (χ2v) is 6.84. The molecule has 1 aliphatic rings. The van der Waals surface area contributed by atoms with Gasteiger partial charge in [0.15, 0.2) is 0 Å². The third-order valence-electron chi connectivity index (χ3n) is 3.43. The van der Waals surface area contributed by atoms with E-state index in [1.807, 2.05) is 11.8 Å². The lowest BCUT2D eigenvalue weighted by Gasteiger charge is -2.18. The summed E-state index contributed by atoms with van der Waals surface area (Å²) in [6.07, 6.45) is 3.95. The molecule has 0 saturated heterocycles. The lowest BCUT2D eigenvalue weighted by atomic mass is 10.0. The number of hydrogen-bond donors (Lipinski definition) is 2. The van der Waals surface area contributed by atoms with Crippen LogP contribution >= 0.6 is 11.8 Å². The van der Waals surface area contributed by atoms with Crippen LogP contribution in [0.3, 0.4) is 0 Å². The summed E-state index contributed by atoms with van der Waals surface area (Å²) in [5, 5.41) is 3.86. The molecular formula is C13H26N2OS. The molecule has 17 heavy (non-hydrogen) atoms. The van der Waals surface area contributed by atoms with E-state index in [4.69, 9.17) is 5.73 Å². The summed E-state index contributed by atoms with van der Waals surface area (Å²) in [7, 11) is 0. The summed E-state index contributed by atoms with van der Waals surface area (Å²) in [4.78, 5) is 11.8. The average molecular weight is 258 g/mol. The van der Waals surface area contributed by atoms with E-state index >= 15 is 0 Å². The maximum Gasteiger partial charge on any atom is 0.221 e. The number of rotatable bonds is 6. The number of nitrogens with one attached hydrogen (secondary N) is 1. The van der Waals surface area contributed by atoms with Crippen molar-refractivity contribution in [2.45, 2.75) is 63.8 Å². The van der Waals surface area contributed by atoms with Crippen molar-refractivity contribution in [2.24, 2.45) is 11.7 Å². The maximum atomic E-state index is 11.8. The van der Waals surface area contributed by atoms with E-state index < -0.39 is 0 Å². The van der Waals surface area contributed by atoms with Crippen molar-refractivity contribution in [3.05, 3.63) is 0 Å². The van der Waals surface area contributed by atoms with Crippen molar-refractivity contribution in [1.82, 2.24) is 5.32 Å². The van der Waals surface area contributed by atoms with Gasteiger partial charge in [-0.2, -0.15) is 11.8 Å². The molecule has 1 fully saturated rings. The van der Waals surface area contributed by atoms with Gasteiger partial charge in [-0.15, -0.1) is 0 Å². The molecule has 3 nitrogen and oxygen atoms in total. The summed E-state index contributed by atoms with van der Waals surface area (Å²) in [6, 6.07) is 0.364. The summed E-state index contributed by atoms with van der Waals surface area (Å²) >= 11 is 2.01. The van der Waals surface area contributed by atoms with Gasteiger partial charge in [0, 0.05) is 23.8 Å². The van der Waals surface area contributed by atoms with Crippen LogP contribution in [0.1, 0.15) is 46.5 Å². The topological polar surface area (TPSA) is 55.1 Å². The van der Waals surface area contributed by atoms with Crippen molar-refractivity contribution in [3.63, 3.8) is 0 Å². The first kappa shape index (κ1) is 14.8. The quantitative estimate of drug-likeness (QED) is 0.767. The van der Waals surface area contributed by atoms with Crippen LogP contribution in [-0.4, -0.2) is 29.0 Å². The molecule has 100 valence electrons. The number of hydrogen-bond acceptors (Lipinski definition) is 3. The van der Waals surface area contributed by atoms with Gasteiger partial charge in [0.25, 0.3) is 0 Å². The number of amides is 1. The predicted octanol–water partition coefficient (Wildman–Crippen LogP) is 2.15. The first-order valence-electron chi connectivity index (χ1n) is 6.69. The molecule has 3 unspecified atom stereocenters. The number of thioether (sulfide) groups is 1. The summed E-state index contributed by atoms with van der Waals surface area (Å²) in [6.45, 7) is 6.31. The second-order valence-electron chi connectivity index (χ2n) is 5.27. The smallest absolute Gasteiger partial charge is 0.221 e. The monoisotopic (exact) mass is 258 g/mol. The van der Waals surface area contributed by atoms with Gasteiger partial charge >= 0.3 is 0 Å². The largest absolute Gasteiger partial charge is 0.353 e. The summed E-state index contributed by atoms with van der Waals surface area (Å²) < 4.78 is 0. The standard InChI is InChI=1S/C13H26N2OS/c1-4-17-11-6-5-10(7-11)15-13(16)8-12(14)9(2)3/h9-12H,4-8,14H2,1-3H3,(H,15,16). The fourth-order valence-corrected chi connectivity index (χ4v) is 3.34. The minimum Gasteiger partial charge on any atom is -0.353 e. The lowest BCUT2D eigenvalue weighted by Crippen LogP contribution is -2.39. The van der Waals surface area contributed by atoms with Crippen LogP contribution in [0.25, 0.3) is 0 Å². The van der Waals surface area contributed by atoms with E-state index in [0.29, 0.717) is 18.4 Å². The van der Waals surface area contributed by atoms with Crippen molar-refractivity contribution in [1.29, 1.82) is 0 Å². The molecule has 1 rings (SSSR count). The summed E-state index contributed by atoms with van der Waals surface area (Å²) in [5.41, 5.74) is 5.90. The van der Waals surface area contributed by atoms with Gasteiger partial charge in [0.2, 0.25) is 5.91 Å². The summed E-state index contributed by atoms with van der Waals surface area (Å²) in [5.74, 6) is 1.66. The number of nitrogens with two attached hydrogens (primary N) is 1. The zero-order valence-corrected chi connectivity index (χ0v) is 12.1. The SMILES string of the molecule is CCSC1CCC(NC(=O)CC(N)C(C)C)C1. The molecule has 0 radical (unpaired) electrons. The minimum absolute atomic E-state index is 0.0165. The molecule has 3 atom stereocenters. The van der Waals surface area contributed by atoms with E-state index in [0.717, 1.165) is 18.1 Å². The Bertz CT molecular complexity index is 246. The molecule has 0 aromatic rings. The van der Waals surface area contributed by atoms with Crippen LogP contribution in [-0.2, 0) is 4.79 Å². The van der Waals surface area contributed by atoms with Crippen molar-refractivity contribution < 1.29 is 4.79 Å². The molecule has 1 saturated carbocycles. The Morgan fingerprint density at radius 2 is 2.18 bits per heavy atom. The van der Waals surface area contributed by atoms with Gasteiger partial charge in [0.05, 0.1) is 0 Å². The molecule has 3 N–H and O–H groups in total. The number of carbonyl (C=O) groups is 1. The van der Waals surface area contributed by atoms with Gasteiger partial charge < -0.3 is 11.1 Å². The highest BCUT2D eigenvalue weighted by Crippen LogP contribution is 2.29. The predicted molar refractivity (Wildman–Crippen MR) is 75.1 cm³/mol. The Hall–Kier alpha value is -0.220. The van der Waals surface area contributed by atoms with E-state index in [2.05, 4.69) is 26.1 Å². The van der Waals surface area contributed by atoms with E-state index in [9.17, 15) is 4.79 Å². The molecule has 0 aromatic carbocycles. The normalized spacial score (nSPS) is 26.2. The third-order valence-corrected chi connectivity index (χ3v) is 4.66. The molecule has 0 heterocycles. The van der Waals surface area contributed by atoms with Crippen LogP contribution < -0.4 is 11.1 Å². The molecule has 4 heteroatoms. The third kappa shape index (κ3) is 5.30. The minimum atomic E-state index is -0.0165. The van der Waals surface area contributed by atoms with Crippen LogP contribution in [0.15, 0.2) is 0 Å². The Morgan fingerprint density at radius 3 is 2.76 bits per heavy atom. The highest BCUT2D eigenvalue weighted by atomic mass is 32.2. The molecule has 1 aliphatic carbocycles. The highest BCUT2D eigenvalue weighted by Gasteiger charge is 2.26. The Labute approximate surface area is 109 Å². The Kier molecular flexibility index (Phi) is 6.34. The zero-order chi connectivity index (χ0) is 12.8. The lowest BCUT2D eigenvalue weighted by molar-refractivity contribution is -0.122. The van der Waals surface area contributed by atoms with Gasteiger partial charge in [-0.05, 0) is 30.9 Å². The first-order valence-corrected chi connectivity index (χ1v) is 7.74. The van der Waals surface area contributed by atoms with Crippen molar-refractivity contribution >= 4 is 17.7 Å². The fourth-order valence-electron chi connectivity index (χ4n) is 2.19. The van der Waals surface area contributed by atoms with E-state index in [1.54, 1.807) is 0 Å². The molecular weight excluding hydrogens is 232 g/mol. The van der Waals surface area contributed by atoms with E-state index in [1.165, 1.54) is 12.2 Å². The number of carbonyl (C=O) groups excluding carboxylic acids is 1. The van der Waals surface area contributed by atoms with Crippen LogP contribution in [0.2, 0.25) is 0 Å². The average Bonchev–Trinajstić information content (AvgIpc) is 2.65. The molecule has 0 bridgehead atoms. The van der Waals surface area contributed by atoms with Crippen molar-refractivity contribution in [2.75, 3.05) is 5.75 Å². The Balaban J connectivity index is 2.24. The van der Waals surface area contributed by atoms with Gasteiger partial charge in [-0.1, -0.05) is 20.8 Å². The molecule has 0 aliphatic heterocycles. The fraction of sp³-hybridized carbons (Fsp3) is 0.923. The van der Waals surface area contributed by atoms with Gasteiger partial charge in [-0.25, -0.2) is 0 Å². The van der Waals surface area contributed by atoms with E-state index in [-0.39, 0.29) is 11.9 Å². The van der Waals surface area contributed by atoms with Crippen LogP contribution in [0.5, 0.6) is 0 Å². The molecule has 0 spiro atoms. The van der Waals surface area contributed by atoms with Gasteiger partial charge in [-0.3, -0.25) is 4.79 Å². The second kappa shape index (κ2) is 7.27. The first-order chi connectivity index (χ1) is 8.02. The highest BCUT2D eigenvalue weighted by molar-refractivity contribution is 7.99. The maximum absolute atomic E-state index is 11.8. The Morgan fingerprint density at radius 1 is 1.47 bits per heavy atom. The zero-order valence-electron chi connectivity index (χ0n) is 11.2. The van der Waals surface area contributed by atoms with Crippen LogP contribution in [0, 0.1) is 5.92 Å².